The molecule has 1 saturated heterocycles. The molecule has 2 aromatic carbocycles. The Hall–Kier alpha value is -2.51. The Balaban J connectivity index is 1.45. The van der Waals surface area contributed by atoms with Gasteiger partial charge in [0.15, 0.2) is 0 Å². The van der Waals surface area contributed by atoms with Gasteiger partial charge in [0.1, 0.15) is 12.4 Å². The minimum Gasteiger partial charge on any atom is -0.492 e. The molecule has 12 heteroatoms. The van der Waals surface area contributed by atoms with E-state index in [9.17, 15) is 21.6 Å². The third-order valence-corrected chi connectivity index (χ3v) is 8.22. The fourth-order valence-corrected chi connectivity index (χ4v) is 5.44. The lowest BCUT2D eigenvalue weighted by atomic mass is 10.2. The molecule has 1 aliphatic heterocycles. The molecule has 0 bridgehead atoms. The highest BCUT2D eigenvalue weighted by atomic mass is 32.2. The summed E-state index contributed by atoms with van der Waals surface area (Å²) in [5.41, 5.74) is 0.781. The molecule has 1 fully saturated rings. The predicted octanol–water partition coefficient (Wildman–Crippen LogP) is 0.664. The highest BCUT2D eigenvalue weighted by Crippen LogP contribution is 2.20. The summed E-state index contributed by atoms with van der Waals surface area (Å²) in [6.07, 6.45) is 1.06. The molecule has 0 aliphatic carbocycles. The van der Waals surface area contributed by atoms with Gasteiger partial charge in [-0.3, -0.25) is 4.79 Å². The molecule has 10 nitrogen and oxygen atoms in total. The van der Waals surface area contributed by atoms with Crippen molar-refractivity contribution in [3.05, 3.63) is 60.2 Å². The summed E-state index contributed by atoms with van der Waals surface area (Å²) < 4.78 is 62.6. The van der Waals surface area contributed by atoms with Gasteiger partial charge in [0, 0.05) is 19.6 Å². The SMILES string of the molecule is CS(=O)(=O)N(CC(=O)NCCOc1ccc(S(=O)(=O)N2CCOCC2)cc1)Cc1ccccc1. The average molecular weight is 512 g/mol. The van der Waals surface area contributed by atoms with E-state index in [1.807, 2.05) is 6.07 Å². The number of ether oxygens (including phenoxy) is 2. The van der Waals surface area contributed by atoms with E-state index < -0.39 is 26.0 Å². The molecule has 1 amide bonds. The molecule has 2 aromatic rings. The number of morpholine rings is 1. The van der Waals surface area contributed by atoms with Gasteiger partial charge in [-0.15, -0.1) is 0 Å². The van der Waals surface area contributed by atoms with Crippen molar-refractivity contribution in [2.45, 2.75) is 11.4 Å². The van der Waals surface area contributed by atoms with E-state index in [0.717, 1.165) is 16.1 Å². The summed E-state index contributed by atoms with van der Waals surface area (Å²) in [6.45, 7) is 1.49. The second-order valence-electron chi connectivity index (χ2n) is 7.70. The zero-order valence-electron chi connectivity index (χ0n) is 18.9. The lowest BCUT2D eigenvalue weighted by Gasteiger charge is -2.26. The molecule has 1 aliphatic rings. The van der Waals surface area contributed by atoms with Crippen LogP contribution in [0.15, 0.2) is 59.5 Å². The molecule has 0 aromatic heterocycles. The van der Waals surface area contributed by atoms with Crippen LogP contribution >= 0.6 is 0 Å². The van der Waals surface area contributed by atoms with E-state index in [2.05, 4.69) is 5.32 Å². The van der Waals surface area contributed by atoms with Crippen LogP contribution in [-0.2, 0) is 36.1 Å². The maximum atomic E-state index is 12.6. The monoisotopic (exact) mass is 511 g/mol. The fraction of sp³-hybridized carbons (Fsp3) is 0.409. The summed E-state index contributed by atoms with van der Waals surface area (Å²) in [5.74, 6) is 0.00826. The molecular weight excluding hydrogens is 482 g/mol. The molecule has 34 heavy (non-hydrogen) atoms. The average Bonchev–Trinajstić information content (AvgIpc) is 2.82. The second kappa shape index (κ2) is 11.8. The van der Waals surface area contributed by atoms with E-state index in [1.165, 1.54) is 16.4 Å². The van der Waals surface area contributed by atoms with Gasteiger partial charge < -0.3 is 14.8 Å². The zero-order chi connectivity index (χ0) is 24.6. The normalized spacial score (nSPS) is 15.2. The number of benzene rings is 2. The first-order valence-electron chi connectivity index (χ1n) is 10.7. The van der Waals surface area contributed by atoms with Gasteiger partial charge in [-0.25, -0.2) is 16.8 Å². The van der Waals surface area contributed by atoms with Crippen LogP contribution in [0.3, 0.4) is 0 Å². The first-order valence-corrected chi connectivity index (χ1v) is 14.0. The number of nitrogens with one attached hydrogen (secondary N) is 1. The zero-order valence-corrected chi connectivity index (χ0v) is 20.6. The lowest BCUT2D eigenvalue weighted by molar-refractivity contribution is -0.121. The molecule has 0 radical (unpaired) electrons. The second-order valence-corrected chi connectivity index (χ2v) is 11.6. The van der Waals surface area contributed by atoms with Crippen molar-refractivity contribution in [1.82, 2.24) is 13.9 Å². The maximum absolute atomic E-state index is 12.6. The number of carbonyl (C=O) groups excluding carboxylic acids is 1. The van der Waals surface area contributed by atoms with E-state index in [-0.39, 0.29) is 31.1 Å². The van der Waals surface area contributed by atoms with Crippen molar-refractivity contribution in [2.75, 3.05) is 52.3 Å². The summed E-state index contributed by atoms with van der Waals surface area (Å²) >= 11 is 0. The van der Waals surface area contributed by atoms with Crippen molar-refractivity contribution < 1.29 is 31.1 Å². The Morgan fingerprint density at radius 3 is 2.29 bits per heavy atom. The Labute approximate surface area is 200 Å². The van der Waals surface area contributed by atoms with E-state index >= 15 is 0 Å². The predicted molar refractivity (Wildman–Crippen MR) is 126 cm³/mol. The van der Waals surface area contributed by atoms with Gasteiger partial charge in [-0.2, -0.15) is 8.61 Å². The van der Waals surface area contributed by atoms with Gasteiger partial charge in [0.05, 0.1) is 37.5 Å². The van der Waals surface area contributed by atoms with E-state index in [0.29, 0.717) is 32.1 Å². The number of hydrogen-bond acceptors (Lipinski definition) is 7. The molecule has 0 saturated carbocycles. The van der Waals surface area contributed by atoms with Crippen molar-refractivity contribution in [3.63, 3.8) is 0 Å². The highest BCUT2D eigenvalue weighted by Gasteiger charge is 2.26. The minimum atomic E-state index is -3.57. The molecular formula is C22H29N3O7S2. The van der Waals surface area contributed by atoms with Gasteiger partial charge in [-0.1, -0.05) is 30.3 Å². The number of sulfonamides is 2. The first-order chi connectivity index (χ1) is 16.2. The van der Waals surface area contributed by atoms with Gasteiger partial charge in [-0.05, 0) is 29.8 Å². The molecule has 0 spiro atoms. The largest absolute Gasteiger partial charge is 0.492 e. The summed E-state index contributed by atoms with van der Waals surface area (Å²) in [4.78, 5) is 12.4. The minimum absolute atomic E-state index is 0.100. The Kier molecular flexibility index (Phi) is 9.03. The van der Waals surface area contributed by atoms with Gasteiger partial charge >= 0.3 is 0 Å². The molecule has 1 N–H and O–H groups in total. The summed E-state index contributed by atoms with van der Waals surface area (Å²) in [6, 6.07) is 15.1. The van der Waals surface area contributed by atoms with Crippen LogP contribution in [0.2, 0.25) is 0 Å². The van der Waals surface area contributed by atoms with Crippen molar-refractivity contribution in [1.29, 1.82) is 0 Å². The number of carbonyl (C=O) groups is 1. The van der Waals surface area contributed by atoms with Crippen LogP contribution < -0.4 is 10.1 Å². The first kappa shape index (κ1) is 26.1. The van der Waals surface area contributed by atoms with E-state index in [1.54, 1.807) is 36.4 Å². The fourth-order valence-electron chi connectivity index (χ4n) is 3.30. The van der Waals surface area contributed by atoms with Crippen molar-refractivity contribution in [3.8, 4) is 5.75 Å². The Bertz CT molecular complexity index is 1150. The molecule has 0 unspecified atom stereocenters. The van der Waals surface area contributed by atoms with Crippen LogP contribution in [-0.4, -0.2) is 83.6 Å². The van der Waals surface area contributed by atoms with Crippen LogP contribution in [0.4, 0.5) is 0 Å². The highest BCUT2D eigenvalue weighted by molar-refractivity contribution is 7.89. The Morgan fingerprint density at radius 1 is 1.03 bits per heavy atom. The molecule has 186 valence electrons. The van der Waals surface area contributed by atoms with Crippen LogP contribution in [0, 0.1) is 0 Å². The standard InChI is InChI=1S/C22H29N3O7S2/c1-33(27,28)25(17-19-5-3-2-4-6-19)18-22(26)23-11-14-32-20-7-9-21(10-8-20)34(29,30)24-12-15-31-16-13-24/h2-10H,11-18H2,1H3,(H,23,26). The van der Waals surface area contributed by atoms with Crippen molar-refractivity contribution >= 4 is 26.0 Å². The molecule has 3 rings (SSSR count). The maximum Gasteiger partial charge on any atom is 0.243 e. The third-order valence-electron chi connectivity index (χ3n) is 5.12. The molecule has 0 atom stereocenters. The number of rotatable bonds is 11. The van der Waals surface area contributed by atoms with Crippen molar-refractivity contribution in [2.24, 2.45) is 0 Å². The quantitative estimate of drug-likeness (QED) is 0.440. The topological polar surface area (TPSA) is 122 Å². The smallest absolute Gasteiger partial charge is 0.243 e. The number of hydrogen-bond donors (Lipinski definition) is 1. The third kappa shape index (κ3) is 7.50. The lowest BCUT2D eigenvalue weighted by Crippen LogP contribution is -2.41. The number of nitrogens with zero attached hydrogens (tertiary/aromatic N) is 2. The van der Waals surface area contributed by atoms with Crippen LogP contribution in [0.25, 0.3) is 0 Å². The molecule has 1 heterocycles. The van der Waals surface area contributed by atoms with Gasteiger partial charge in [0.2, 0.25) is 26.0 Å². The van der Waals surface area contributed by atoms with E-state index in [4.69, 9.17) is 9.47 Å². The summed E-state index contributed by atoms with van der Waals surface area (Å²) in [5, 5.41) is 2.64. The van der Waals surface area contributed by atoms with Crippen LogP contribution in [0.1, 0.15) is 5.56 Å². The van der Waals surface area contributed by atoms with Gasteiger partial charge in [0.25, 0.3) is 0 Å². The summed E-state index contributed by atoms with van der Waals surface area (Å²) in [7, 11) is -7.15. The Morgan fingerprint density at radius 2 is 1.68 bits per heavy atom. The number of amides is 1. The van der Waals surface area contributed by atoms with Crippen LogP contribution in [0.5, 0.6) is 5.75 Å².